The smallest absolute Gasteiger partial charge is 0.215 e. The molecule has 1 aliphatic heterocycles. The van der Waals surface area contributed by atoms with Gasteiger partial charge in [-0.3, -0.25) is 4.98 Å². The van der Waals surface area contributed by atoms with Gasteiger partial charge in [-0.05, 0) is 12.1 Å². The molecule has 0 aliphatic carbocycles. The highest BCUT2D eigenvalue weighted by atomic mass is 79.9. The second-order valence-corrected chi connectivity index (χ2v) is 4.85. The number of fused-ring (bicyclic) bond motifs is 1. The van der Waals surface area contributed by atoms with E-state index in [9.17, 15) is 10.2 Å². The van der Waals surface area contributed by atoms with Crippen molar-refractivity contribution in [3.8, 4) is 11.8 Å². The number of aromatic hydroxyl groups is 2. The zero-order chi connectivity index (χ0) is 12.7. The van der Waals surface area contributed by atoms with Gasteiger partial charge in [0.2, 0.25) is 5.88 Å². The molecular weight excluding hydrogens is 298 g/mol. The van der Waals surface area contributed by atoms with Gasteiger partial charge in [-0.1, -0.05) is 22.0 Å². The third kappa shape index (κ3) is 1.74. The maximum Gasteiger partial charge on any atom is 0.215 e. The van der Waals surface area contributed by atoms with Gasteiger partial charge < -0.3 is 15.1 Å². The van der Waals surface area contributed by atoms with Gasteiger partial charge in [-0.15, -0.1) is 0 Å². The molecule has 1 aromatic heterocycles. The second kappa shape index (κ2) is 4.06. The number of aliphatic imine (C=N–C) groups is 1. The van der Waals surface area contributed by atoms with Crippen molar-refractivity contribution in [1.29, 1.82) is 0 Å². The van der Waals surface area contributed by atoms with Crippen molar-refractivity contribution in [2.75, 3.05) is 4.90 Å². The summed E-state index contributed by atoms with van der Waals surface area (Å²) in [4.78, 5) is 8.53. The van der Waals surface area contributed by atoms with Crippen LogP contribution in [0.1, 0.15) is 5.56 Å². The average molecular weight is 308 g/mol. The molecule has 2 heterocycles. The molecule has 0 radical (unpaired) electrons. The van der Waals surface area contributed by atoms with E-state index in [1.54, 1.807) is 11.2 Å². The molecule has 3 rings (SSSR count). The first-order valence-electron chi connectivity index (χ1n) is 5.34. The zero-order valence-electron chi connectivity index (χ0n) is 9.26. The summed E-state index contributed by atoms with van der Waals surface area (Å²) >= 11 is 3.49. The molecule has 1 aliphatic rings. The minimum absolute atomic E-state index is 0.0746. The summed E-state index contributed by atoms with van der Waals surface area (Å²) in [6.45, 7) is 0.575. The van der Waals surface area contributed by atoms with E-state index in [1.807, 2.05) is 18.2 Å². The Kier molecular flexibility index (Phi) is 2.52. The molecule has 0 amide bonds. The minimum Gasteiger partial charge on any atom is -0.494 e. The third-order valence-corrected chi connectivity index (χ3v) is 3.57. The van der Waals surface area contributed by atoms with Crippen LogP contribution in [0.5, 0.6) is 11.8 Å². The number of H-pyrrole nitrogens is 1. The number of halogens is 1. The Morgan fingerprint density at radius 2 is 2.17 bits per heavy atom. The highest BCUT2D eigenvalue weighted by molar-refractivity contribution is 9.10. The monoisotopic (exact) mass is 307 g/mol. The summed E-state index contributed by atoms with van der Waals surface area (Å²) in [6, 6.07) is 7.27. The fourth-order valence-corrected chi connectivity index (χ4v) is 2.43. The normalized spacial score (nSPS) is 13.7. The topological polar surface area (TPSA) is 71.8 Å². The van der Waals surface area contributed by atoms with Crippen LogP contribution in [0.4, 0.5) is 11.4 Å². The molecule has 6 heteroatoms. The van der Waals surface area contributed by atoms with Crippen LogP contribution in [0.3, 0.4) is 0 Å². The van der Waals surface area contributed by atoms with E-state index in [0.29, 0.717) is 12.2 Å². The van der Waals surface area contributed by atoms with Crippen molar-refractivity contribution in [3.63, 3.8) is 0 Å². The van der Waals surface area contributed by atoms with E-state index in [-0.39, 0.29) is 11.8 Å². The molecule has 0 saturated carbocycles. The standard InChI is InChI=1S/C12H10BrN3O2/c13-8-2-1-3-9-7(8)5-16(6-14-9)10-4-11(17)15-12(10)18/h1-4,6,15,17-18H,5H2. The highest BCUT2D eigenvalue weighted by Crippen LogP contribution is 2.36. The molecule has 0 saturated heterocycles. The number of hydrogen-bond acceptors (Lipinski definition) is 4. The van der Waals surface area contributed by atoms with Crippen molar-refractivity contribution >= 4 is 33.6 Å². The van der Waals surface area contributed by atoms with Crippen LogP contribution in [0.2, 0.25) is 0 Å². The van der Waals surface area contributed by atoms with Crippen LogP contribution in [-0.4, -0.2) is 21.5 Å². The number of nitrogens with zero attached hydrogens (tertiary/aromatic N) is 2. The van der Waals surface area contributed by atoms with Crippen LogP contribution < -0.4 is 4.90 Å². The lowest BCUT2D eigenvalue weighted by atomic mass is 10.1. The Balaban J connectivity index is 2.01. The van der Waals surface area contributed by atoms with E-state index >= 15 is 0 Å². The number of aromatic nitrogens is 1. The molecular formula is C12H10BrN3O2. The van der Waals surface area contributed by atoms with Gasteiger partial charge in [0.05, 0.1) is 18.6 Å². The van der Waals surface area contributed by atoms with Gasteiger partial charge in [-0.2, -0.15) is 0 Å². The zero-order valence-corrected chi connectivity index (χ0v) is 10.8. The molecule has 92 valence electrons. The Labute approximate surface area is 112 Å². The van der Waals surface area contributed by atoms with E-state index in [0.717, 1.165) is 15.7 Å². The maximum absolute atomic E-state index is 9.67. The van der Waals surface area contributed by atoms with Gasteiger partial charge in [0.25, 0.3) is 0 Å². The van der Waals surface area contributed by atoms with Crippen LogP contribution in [0.15, 0.2) is 33.7 Å². The largest absolute Gasteiger partial charge is 0.494 e. The van der Waals surface area contributed by atoms with Gasteiger partial charge >= 0.3 is 0 Å². The molecule has 5 nitrogen and oxygen atoms in total. The van der Waals surface area contributed by atoms with Crippen LogP contribution in [0, 0.1) is 0 Å². The van der Waals surface area contributed by atoms with E-state index in [4.69, 9.17) is 0 Å². The number of aromatic amines is 1. The summed E-state index contributed by atoms with van der Waals surface area (Å²) in [5.41, 5.74) is 2.44. The Hall–Kier alpha value is -1.95. The minimum atomic E-state index is -0.0752. The Bertz CT molecular complexity index is 636. The fraction of sp³-hybridized carbons (Fsp3) is 0.0833. The van der Waals surface area contributed by atoms with E-state index < -0.39 is 0 Å². The molecule has 0 atom stereocenters. The Morgan fingerprint density at radius 3 is 2.89 bits per heavy atom. The summed E-state index contributed by atoms with van der Waals surface area (Å²) in [7, 11) is 0. The highest BCUT2D eigenvalue weighted by Gasteiger charge is 2.19. The SMILES string of the molecule is Oc1cc(N2C=Nc3cccc(Br)c3C2)c(O)[nH]1. The molecule has 0 spiro atoms. The maximum atomic E-state index is 9.67. The second-order valence-electron chi connectivity index (χ2n) is 4.00. The summed E-state index contributed by atoms with van der Waals surface area (Å²) in [6.07, 6.45) is 1.64. The fourth-order valence-electron chi connectivity index (χ4n) is 1.95. The number of benzene rings is 1. The summed E-state index contributed by atoms with van der Waals surface area (Å²) in [5.74, 6) is -0.150. The predicted molar refractivity (Wildman–Crippen MR) is 72.6 cm³/mol. The van der Waals surface area contributed by atoms with E-state index in [2.05, 4.69) is 25.9 Å². The lowest BCUT2D eigenvalue weighted by molar-refractivity contribution is 0.425. The molecule has 0 fully saturated rings. The van der Waals surface area contributed by atoms with Crippen LogP contribution in [-0.2, 0) is 6.54 Å². The lowest BCUT2D eigenvalue weighted by Crippen LogP contribution is -2.23. The van der Waals surface area contributed by atoms with Crippen molar-refractivity contribution < 1.29 is 10.2 Å². The molecule has 2 aromatic rings. The average Bonchev–Trinajstić information content (AvgIpc) is 2.69. The third-order valence-electron chi connectivity index (χ3n) is 2.83. The van der Waals surface area contributed by atoms with Crippen molar-refractivity contribution in [2.24, 2.45) is 4.99 Å². The van der Waals surface area contributed by atoms with Gasteiger partial charge in [0.1, 0.15) is 5.69 Å². The van der Waals surface area contributed by atoms with Gasteiger partial charge in [0.15, 0.2) is 5.88 Å². The first-order valence-corrected chi connectivity index (χ1v) is 6.13. The van der Waals surface area contributed by atoms with Crippen LogP contribution in [0.25, 0.3) is 0 Å². The first kappa shape index (κ1) is 11.2. The molecule has 3 N–H and O–H groups in total. The van der Waals surface area contributed by atoms with Crippen LogP contribution >= 0.6 is 15.9 Å². The summed E-state index contributed by atoms with van der Waals surface area (Å²) in [5, 5.41) is 19.0. The van der Waals surface area contributed by atoms with Crippen molar-refractivity contribution in [2.45, 2.75) is 6.54 Å². The number of hydrogen-bond donors (Lipinski definition) is 3. The van der Waals surface area contributed by atoms with Crippen molar-refractivity contribution in [3.05, 3.63) is 34.3 Å². The lowest BCUT2D eigenvalue weighted by Gasteiger charge is -2.24. The summed E-state index contributed by atoms with van der Waals surface area (Å²) < 4.78 is 0.973. The first-order chi connectivity index (χ1) is 8.65. The van der Waals surface area contributed by atoms with Gasteiger partial charge in [-0.25, -0.2) is 4.99 Å². The van der Waals surface area contributed by atoms with Crippen molar-refractivity contribution in [1.82, 2.24) is 4.98 Å². The Morgan fingerprint density at radius 1 is 1.33 bits per heavy atom. The number of anilines is 1. The molecule has 0 unspecified atom stereocenters. The molecule has 0 bridgehead atoms. The predicted octanol–water partition coefficient (Wildman–Crippen LogP) is 2.87. The number of rotatable bonds is 1. The molecule has 18 heavy (non-hydrogen) atoms. The van der Waals surface area contributed by atoms with E-state index in [1.165, 1.54) is 6.07 Å². The molecule has 1 aromatic carbocycles. The van der Waals surface area contributed by atoms with Gasteiger partial charge in [0, 0.05) is 16.1 Å². The quantitative estimate of drug-likeness (QED) is 0.758. The number of nitrogens with one attached hydrogen (secondary N) is 1.